The van der Waals surface area contributed by atoms with Crippen LogP contribution in [0, 0.1) is 5.82 Å². The van der Waals surface area contributed by atoms with Crippen LogP contribution in [0.25, 0.3) is 0 Å². The summed E-state index contributed by atoms with van der Waals surface area (Å²) in [5.74, 6) is -1.14. The molecular formula is C18H18FNO5. The first-order chi connectivity index (χ1) is 11.9. The number of nitrogens with one attached hydrogen (secondary N) is 1. The van der Waals surface area contributed by atoms with Crippen molar-refractivity contribution in [1.82, 2.24) is 5.32 Å². The number of aliphatic carboxylic acids is 1. The second-order valence-corrected chi connectivity index (χ2v) is 5.25. The molecule has 0 saturated heterocycles. The predicted molar refractivity (Wildman–Crippen MR) is 88.4 cm³/mol. The molecule has 1 atom stereocenters. The Hall–Kier alpha value is -3.09. The lowest BCUT2D eigenvalue weighted by Crippen LogP contribution is -2.30. The molecule has 0 fully saturated rings. The molecule has 0 aliphatic rings. The molecule has 0 aromatic heterocycles. The summed E-state index contributed by atoms with van der Waals surface area (Å²) in [6.45, 7) is 0. The van der Waals surface area contributed by atoms with Gasteiger partial charge in [0.2, 0.25) is 0 Å². The molecule has 0 saturated carbocycles. The summed E-state index contributed by atoms with van der Waals surface area (Å²) in [5.41, 5.74) is 0.785. The highest BCUT2D eigenvalue weighted by Crippen LogP contribution is 2.28. The van der Waals surface area contributed by atoms with Gasteiger partial charge in [-0.25, -0.2) is 4.39 Å². The number of amides is 1. The van der Waals surface area contributed by atoms with Crippen molar-refractivity contribution in [2.75, 3.05) is 14.2 Å². The van der Waals surface area contributed by atoms with Crippen molar-refractivity contribution in [1.29, 1.82) is 0 Å². The molecular weight excluding hydrogens is 329 g/mol. The Labute approximate surface area is 144 Å². The average Bonchev–Trinajstić information content (AvgIpc) is 2.60. The van der Waals surface area contributed by atoms with Crippen LogP contribution in [0.3, 0.4) is 0 Å². The molecule has 2 N–H and O–H groups in total. The standard InChI is InChI=1S/C18H18FNO5/c1-24-15-8-5-12(9-16(15)25-2)18(23)20-14(10-17(21)22)11-3-6-13(19)7-4-11/h3-9,14H,10H2,1-2H3,(H,20,23)(H,21,22)/t14-/m0/s1. The number of carbonyl (C=O) groups is 2. The number of carboxylic acids is 1. The maximum absolute atomic E-state index is 13.1. The molecule has 0 radical (unpaired) electrons. The lowest BCUT2D eigenvalue weighted by atomic mass is 10.0. The number of benzene rings is 2. The van der Waals surface area contributed by atoms with Crippen molar-refractivity contribution < 1.29 is 28.6 Å². The molecule has 132 valence electrons. The van der Waals surface area contributed by atoms with Crippen LogP contribution in [0.4, 0.5) is 4.39 Å². The molecule has 0 heterocycles. The van der Waals surface area contributed by atoms with Crippen molar-refractivity contribution >= 4 is 11.9 Å². The van der Waals surface area contributed by atoms with Crippen molar-refractivity contribution in [3.63, 3.8) is 0 Å². The summed E-state index contributed by atoms with van der Waals surface area (Å²) < 4.78 is 23.3. The number of hydrogen-bond donors (Lipinski definition) is 2. The van der Waals surface area contributed by atoms with Crippen LogP contribution in [0.2, 0.25) is 0 Å². The molecule has 0 bridgehead atoms. The maximum atomic E-state index is 13.1. The number of ether oxygens (including phenoxy) is 2. The van der Waals surface area contributed by atoms with Gasteiger partial charge in [-0.3, -0.25) is 9.59 Å². The maximum Gasteiger partial charge on any atom is 0.305 e. The van der Waals surface area contributed by atoms with Gasteiger partial charge >= 0.3 is 5.97 Å². The molecule has 7 heteroatoms. The largest absolute Gasteiger partial charge is 0.493 e. The van der Waals surface area contributed by atoms with Crippen LogP contribution in [-0.4, -0.2) is 31.2 Å². The fourth-order valence-corrected chi connectivity index (χ4v) is 2.34. The average molecular weight is 347 g/mol. The van der Waals surface area contributed by atoms with Crippen molar-refractivity contribution in [2.24, 2.45) is 0 Å². The molecule has 1 amide bonds. The fourth-order valence-electron chi connectivity index (χ4n) is 2.34. The minimum absolute atomic E-state index is 0.287. The molecule has 0 aliphatic heterocycles. The number of methoxy groups -OCH3 is 2. The molecule has 2 aromatic carbocycles. The molecule has 6 nitrogen and oxygen atoms in total. The third-order valence-electron chi connectivity index (χ3n) is 3.60. The molecule has 25 heavy (non-hydrogen) atoms. The molecule has 2 rings (SSSR count). The van der Waals surface area contributed by atoms with Crippen LogP contribution in [0.1, 0.15) is 28.4 Å². The van der Waals surface area contributed by atoms with Crippen molar-refractivity contribution in [3.05, 3.63) is 59.4 Å². The Morgan fingerprint density at radius 3 is 2.28 bits per heavy atom. The Bertz CT molecular complexity index is 761. The van der Waals surface area contributed by atoms with Crippen LogP contribution in [-0.2, 0) is 4.79 Å². The Kier molecular flexibility index (Phi) is 5.94. The van der Waals surface area contributed by atoms with E-state index in [1.807, 2.05) is 0 Å². The normalized spacial score (nSPS) is 11.5. The monoisotopic (exact) mass is 347 g/mol. The molecule has 0 unspecified atom stereocenters. The lowest BCUT2D eigenvalue weighted by Gasteiger charge is -2.18. The minimum Gasteiger partial charge on any atom is -0.493 e. The van der Waals surface area contributed by atoms with Gasteiger partial charge < -0.3 is 19.9 Å². The Balaban J connectivity index is 2.24. The quantitative estimate of drug-likeness (QED) is 0.804. The van der Waals surface area contributed by atoms with Crippen LogP contribution >= 0.6 is 0 Å². The SMILES string of the molecule is COc1ccc(C(=O)N[C@@H](CC(=O)O)c2ccc(F)cc2)cc1OC. The molecule has 0 spiro atoms. The number of carbonyl (C=O) groups excluding carboxylic acids is 1. The summed E-state index contributed by atoms with van der Waals surface area (Å²) in [7, 11) is 2.93. The highest BCUT2D eigenvalue weighted by Gasteiger charge is 2.20. The van der Waals surface area contributed by atoms with Gasteiger partial charge in [-0.15, -0.1) is 0 Å². The zero-order valence-corrected chi connectivity index (χ0v) is 13.8. The van der Waals surface area contributed by atoms with E-state index in [2.05, 4.69) is 5.32 Å². The molecule has 0 aliphatic carbocycles. The summed E-state index contributed by atoms with van der Waals surface area (Å²) in [6.07, 6.45) is -0.329. The van der Waals surface area contributed by atoms with Gasteiger partial charge in [0.05, 0.1) is 26.7 Å². The zero-order chi connectivity index (χ0) is 18.4. The summed E-state index contributed by atoms with van der Waals surface area (Å²) in [6, 6.07) is 9.14. The number of rotatable bonds is 7. The fraction of sp³-hybridized carbons (Fsp3) is 0.222. The third kappa shape index (κ3) is 4.69. The number of hydrogen-bond acceptors (Lipinski definition) is 4. The Morgan fingerprint density at radius 1 is 1.08 bits per heavy atom. The highest BCUT2D eigenvalue weighted by molar-refractivity contribution is 5.95. The van der Waals surface area contributed by atoms with E-state index < -0.39 is 23.7 Å². The topological polar surface area (TPSA) is 84.9 Å². The first-order valence-corrected chi connectivity index (χ1v) is 7.44. The van der Waals surface area contributed by atoms with E-state index in [1.165, 1.54) is 44.6 Å². The number of carboxylic acid groups (broad SMARTS) is 1. The first-order valence-electron chi connectivity index (χ1n) is 7.44. The molecule has 2 aromatic rings. The van der Waals surface area contributed by atoms with Gasteiger partial charge in [0.15, 0.2) is 11.5 Å². The van der Waals surface area contributed by atoms with E-state index in [0.29, 0.717) is 17.1 Å². The van der Waals surface area contributed by atoms with E-state index in [0.717, 1.165) is 0 Å². The second kappa shape index (κ2) is 8.14. The third-order valence-corrected chi connectivity index (χ3v) is 3.60. The van der Waals surface area contributed by atoms with Crippen molar-refractivity contribution in [2.45, 2.75) is 12.5 Å². The second-order valence-electron chi connectivity index (χ2n) is 5.25. The van der Waals surface area contributed by atoms with E-state index in [9.17, 15) is 14.0 Å². The zero-order valence-electron chi connectivity index (χ0n) is 13.8. The van der Waals surface area contributed by atoms with Gasteiger partial charge in [-0.1, -0.05) is 12.1 Å². The first kappa shape index (κ1) is 18.3. The highest BCUT2D eigenvalue weighted by atomic mass is 19.1. The van der Waals surface area contributed by atoms with Crippen molar-refractivity contribution in [3.8, 4) is 11.5 Å². The van der Waals surface area contributed by atoms with Gasteiger partial charge in [-0.2, -0.15) is 0 Å². The summed E-state index contributed by atoms with van der Waals surface area (Å²) >= 11 is 0. The summed E-state index contributed by atoms with van der Waals surface area (Å²) in [5, 5.41) is 11.7. The van der Waals surface area contributed by atoms with E-state index in [-0.39, 0.29) is 12.0 Å². The predicted octanol–water partition coefficient (Wildman–Crippen LogP) is 2.79. The van der Waals surface area contributed by atoms with Crippen LogP contribution in [0.5, 0.6) is 11.5 Å². The van der Waals surface area contributed by atoms with Gasteiger partial charge in [0.25, 0.3) is 5.91 Å². The lowest BCUT2D eigenvalue weighted by molar-refractivity contribution is -0.137. The van der Waals surface area contributed by atoms with Gasteiger partial charge in [-0.05, 0) is 35.9 Å². The van der Waals surface area contributed by atoms with Gasteiger partial charge in [0, 0.05) is 5.56 Å². The summed E-state index contributed by atoms with van der Waals surface area (Å²) in [4.78, 5) is 23.6. The van der Waals surface area contributed by atoms with Crippen LogP contribution < -0.4 is 14.8 Å². The minimum atomic E-state index is -1.08. The Morgan fingerprint density at radius 2 is 1.72 bits per heavy atom. The van der Waals surface area contributed by atoms with E-state index in [4.69, 9.17) is 14.6 Å². The smallest absolute Gasteiger partial charge is 0.305 e. The van der Waals surface area contributed by atoms with E-state index in [1.54, 1.807) is 12.1 Å². The number of halogens is 1. The van der Waals surface area contributed by atoms with E-state index >= 15 is 0 Å². The van der Waals surface area contributed by atoms with Crippen LogP contribution in [0.15, 0.2) is 42.5 Å². The van der Waals surface area contributed by atoms with Gasteiger partial charge in [0.1, 0.15) is 5.82 Å².